The van der Waals surface area contributed by atoms with Crippen LogP contribution in [-0.4, -0.2) is 21.2 Å². The van der Waals surface area contributed by atoms with Crippen LogP contribution >= 0.6 is 11.8 Å². The zero-order chi connectivity index (χ0) is 32.6. The zero-order valence-corrected chi connectivity index (χ0v) is 27.3. The van der Waals surface area contributed by atoms with Gasteiger partial charge in [-0.1, -0.05) is 151 Å². The number of aliphatic imine (C=N–C) groups is 1. The van der Waals surface area contributed by atoms with E-state index in [1.807, 2.05) is 30.5 Å². The smallest absolute Gasteiger partial charge is 0.160 e. The molecule has 236 valence electrons. The number of hydrogen-bond donors (Lipinski definition) is 3. The summed E-state index contributed by atoms with van der Waals surface area (Å²) in [6.45, 7) is 0. The fourth-order valence-electron chi connectivity index (χ4n) is 6.55. The van der Waals surface area contributed by atoms with Gasteiger partial charge in [0.05, 0.1) is 16.3 Å². The first-order chi connectivity index (χ1) is 24.3. The van der Waals surface area contributed by atoms with Crippen LogP contribution in [0.15, 0.2) is 168 Å². The third kappa shape index (κ3) is 5.73. The molecule has 9 rings (SSSR count). The number of amidine groups is 1. The molecule has 0 saturated carbocycles. The van der Waals surface area contributed by atoms with Crippen LogP contribution in [0, 0.1) is 0 Å². The van der Waals surface area contributed by atoms with Crippen molar-refractivity contribution in [3.63, 3.8) is 0 Å². The van der Waals surface area contributed by atoms with Crippen molar-refractivity contribution in [3.05, 3.63) is 180 Å². The molecule has 0 saturated heterocycles. The van der Waals surface area contributed by atoms with Gasteiger partial charge in [0.2, 0.25) is 0 Å². The lowest BCUT2D eigenvalue weighted by molar-refractivity contribution is 0.409. The minimum absolute atomic E-state index is 0.139. The van der Waals surface area contributed by atoms with Crippen molar-refractivity contribution in [2.75, 3.05) is 0 Å². The number of hydrogen-bond acceptors (Lipinski definition) is 7. The van der Waals surface area contributed by atoms with Crippen LogP contribution in [0.25, 0.3) is 39.3 Å². The summed E-state index contributed by atoms with van der Waals surface area (Å²) in [5, 5.41) is 11.1. The Kier molecular flexibility index (Phi) is 7.61. The molecule has 3 unspecified atom stereocenters. The summed E-state index contributed by atoms with van der Waals surface area (Å²) in [6.07, 6.45) is 5.81. The molecule has 3 aliphatic rings. The molecular weight excluding hydrogens is 621 g/mol. The summed E-state index contributed by atoms with van der Waals surface area (Å²) in [4.78, 5) is 16.6. The molecule has 0 aliphatic carbocycles. The molecule has 0 spiro atoms. The average molecular weight is 653 g/mol. The maximum Gasteiger partial charge on any atom is 0.160 e. The Balaban J connectivity index is 1.06. The first-order valence-electron chi connectivity index (χ1n) is 16.5. The van der Waals surface area contributed by atoms with E-state index in [1.54, 1.807) is 11.8 Å². The Labute approximate surface area is 289 Å². The summed E-state index contributed by atoms with van der Waals surface area (Å²) in [7, 11) is 0. The van der Waals surface area contributed by atoms with Gasteiger partial charge in [-0.2, -0.15) is 0 Å². The minimum atomic E-state index is -0.215. The van der Waals surface area contributed by atoms with Gasteiger partial charge in [-0.05, 0) is 40.6 Å². The topological polar surface area (TPSA) is 74.2 Å². The molecule has 0 amide bonds. The molecule has 6 nitrogen and oxygen atoms in total. The Bertz CT molecular complexity index is 2230. The maximum atomic E-state index is 5.16. The van der Waals surface area contributed by atoms with Gasteiger partial charge in [-0.25, -0.2) is 15.0 Å². The predicted octanol–water partition coefficient (Wildman–Crippen LogP) is 8.75. The number of thioether (sulfide) groups is 1. The molecule has 4 heterocycles. The molecule has 3 N–H and O–H groups in total. The summed E-state index contributed by atoms with van der Waals surface area (Å²) in [5.41, 5.74) is 10.8. The quantitative estimate of drug-likeness (QED) is 0.167. The van der Waals surface area contributed by atoms with Gasteiger partial charge >= 0.3 is 0 Å². The van der Waals surface area contributed by atoms with Crippen molar-refractivity contribution in [1.29, 1.82) is 0 Å². The minimum Gasteiger partial charge on any atom is -0.375 e. The number of allylic oxidation sites excluding steroid dienone is 2. The standard InChI is InChI=1S/C42H32N6S/c1-4-12-27(13-5-1)32-18-10-19-33(26-32)41-47-39(29-16-8-3-9-17-29)46-40(48-41)31-23-21-30(22-24-31)38-44-35(28-14-6-2-7-15-28)37-36(45-38)34-20-11-25-43-42(34)49-37/h1-26,39-40,42-43,46H,(H,47,48). The average Bonchev–Trinajstić information content (AvgIpc) is 3.57. The van der Waals surface area contributed by atoms with Crippen LogP contribution in [0.5, 0.6) is 0 Å². The molecule has 0 fully saturated rings. The van der Waals surface area contributed by atoms with Crippen molar-refractivity contribution in [3.8, 4) is 33.8 Å². The Morgan fingerprint density at radius 3 is 2.02 bits per heavy atom. The van der Waals surface area contributed by atoms with Crippen molar-refractivity contribution in [1.82, 2.24) is 25.9 Å². The molecule has 5 aromatic carbocycles. The second kappa shape index (κ2) is 12.7. The number of fused-ring (bicyclic) bond motifs is 3. The van der Waals surface area contributed by atoms with Gasteiger partial charge < -0.3 is 10.6 Å². The van der Waals surface area contributed by atoms with Crippen LogP contribution < -0.4 is 16.0 Å². The summed E-state index contributed by atoms with van der Waals surface area (Å²) >= 11 is 1.78. The lowest BCUT2D eigenvalue weighted by Crippen LogP contribution is -2.44. The predicted molar refractivity (Wildman–Crippen MR) is 199 cm³/mol. The van der Waals surface area contributed by atoms with Crippen LogP contribution in [0.3, 0.4) is 0 Å². The Hall–Kier alpha value is -5.76. The van der Waals surface area contributed by atoms with Crippen molar-refractivity contribution >= 4 is 23.2 Å². The molecule has 1 aromatic heterocycles. The summed E-state index contributed by atoms with van der Waals surface area (Å²) < 4.78 is 0. The van der Waals surface area contributed by atoms with Crippen molar-refractivity contribution in [2.24, 2.45) is 4.99 Å². The molecule has 0 bridgehead atoms. The van der Waals surface area contributed by atoms with E-state index in [1.165, 1.54) is 11.1 Å². The van der Waals surface area contributed by atoms with Crippen LogP contribution in [0.4, 0.5) is 0 Å². The fraction of sp³-hybridized carbons (Fsp3) is 0.0714. The van der Waals surface area contributed by atoms with E-state index in [-0.39, 0.29) is 17.7 Å². The second-order valence-corrected chi connectivity index (χ2v) is 13.3. The normalized spacial score (nSPS) is 19.1. The maximum absolute atomic E-state index is 5.16. The fourth-order valence-corrected chi connectivity index (χ4v) is 7.80. The van der Waals surface area contributed by atoms with E-state index >= 15 is 0 Å². The van der Waals surface area contributed by atoms with E-state index in [4.69, 9.17) is 15.0 Å². The third-order valence-electron chi connectivity index (χ3n) is 9.05. The van der Waals surface area contributed by atoms with E-state index in [2.05, 4.69) is 143 Å². The highest BCUT2D eigenvalue weighted by molar-refractivity contribution is 8.01. The number of nitrogens with one attached hydrogen (secondary N) is 3. The van der Waals surface area contributed by atoms with Crippen LogP contribution in [0.1, 0.15) is 34.7 Å². The van der Waals surface area contributed by atoms with Gasteiger partial charge in [0, 0.05) is 22.3 Å². The highest BCUT2D eigenvalue weighted by atomic mass is 32.2. The number of nitrogens with zero attached hydrogens (tertiary/aromatic N) is 3. The third-order valence-corrected chi connectivity index (χ3v) is 10.3. The highest BCUT2D eigenvalue weighted by Crippen LogP contribution is 2.48. The molecule has 3 atom stereocenters. The van der Waals surface area contributed by atoms with Gasteiger partial charge in [0.15, 0.2) is 5.82 Å². The van der Waals surface area contributed by atoms with Gasteiger partial charge in [0.25, 0.3) is 0 Å². The van der Waals surface area contributed by atoms with Crippen LogP contribution in [0.2, 0.25) is 0 Å². The van der Waals surface area contributed by atoms with Gasteiger partial charge in [-0.3, -0.25) is 5.32 Å². The summed E-state index contributed by atoms with van der Waals surface area (Å²) in [5.74, 6) is 1.57. The number of benzene rings is 5. The number of rotatable bonds is 6. The van der Waals surface area contributed by atoms with E-state index in [0.29, 0.717) is 5.82 Å². The van der Waals surface area contributed by atoms with Crippen molar-refractivity contribution < 1.29 is 0 Å². The largest absolute Gasteiger partial charge is 0.375 e. The monoisotopic (exact) mass is 652 g/mol. The second-order valence-electron chi connectivity index (χ2n) is 12.2. The molecule has 7 heteroatoms. The summed E-state index contributed by atoms with van der Waals surface area (Å²) in [6, 6.07) is 48.4. The Morgan fingerprint density at radius 1 is 0.571 bits per heavy atom. The molecule has 3 aliphatic heterocycles. The lowest BCUT2D eigenvalue weighted by Gasteiger charge is -2.32. The van der Waals surface area contributed by atoms with Crippen molar-refractivity contribution in [2.45, 2.75) is 22.6 Å². The van der Waals surface area contributed by atoms with Gasteiger partial charge in [-0.15, -0.1) is 0 Å². The SMILES string of the molecule is C1=CNC2Sc3c(nc(-c4ccc(C5NC(c6cccc(-c7ccccc7)c6)=NC(c6ccccc6)N5)cc4)nc3-c3ccccc3)C2=C1. The van der Waals surface area contributed by atoms with E-state index in [9.17, 15) is 0 Å². The van der Waals surface area contributed by atoms with E-state index in [0.717, 1.165) is 55.5 Å². The van der Waals surface area contributed by atoms with Crippen LogP contribution in [-0.2, 0) is 0 Å². The molecule has 0 radical (unpaired) electrons. The Morgan fingerprint density at radius 2 is 1.24 bits per heavy atom. The van der Waals surface area contributed by atoms with Gasteiger partial charge in [0.1, 0.15) is 23.5 Å². The molecular formula is C42H32N6S. The highest BCUT2D eigenvalue weighted by Gasteiger charge is 2.33. The zero-order valence-electron chi connectivity index (χ0n) is 26.5. The van der Waals surface area contributed by atoms with E-state index < -0.39 is 0 Å². The first-order valence-corrected chi connectivity index (χ1v) is 17.3. The molecule has 6 aromatic rings. The lowest BCUT2D eigenvalue weighted by atomic mass is 10.0. The number of dihydropyridines is 1. The molecule has 49 heavy (non-hydrogen) atoms. The first kappa shape index (κ1) is 29.4. The number of aromatic nitrogens is 2.